The van der Waals surface area contributed by atoms with Crippen LogP contribution < -0.4 is 5.73 Å². The van der Waals surface area contributed by atoms with Crippen molar-refractivity contribution in [3.63, 3.8) is 0 Å². The highest BCUT2D eigenvalue weighted by atomic mass is 79.9. The lowest BCUT2D eigenvalue weighted by Gasteiger charge is -1.92. The largest absolute Gasteiger partial charge is 0.368 e. The third kappa shape index (κ3) is 0.864. The fourth-order valence-corrected chi connectivity index (χ4v) is 1.20. The summed E-state index contributed by atoms with van der Waals surface area (Å²) in [6, 6.07) is 0. The molecule has 0 saturated heterocycles. The Hall–Kier alpha value is -1.17. The van der Waals surface area contributed by atoms with Crippen LogP contribution in [0.4, 0.5) is 5.95 Å². The molecule has 0 bridgehead atoms. The monoisotopic (exact) mass is 213 g/mol. The molecule has 6 heteroatoms. The van der Waals surface area contributed by atoms with E-state index in [-0.39, 0.29) is 0 Å². The molecule has 0 saturated carbocycles. The molecule has 0 atom stereocenters. The van der Waals surface area contributed by atoms with Gasteiger partial charge in [0.15, 0.2) is 10.3 Å². The van der Waals surface area contributed by atoms with Crippen LogP contribution in [0.2, 0.25) is 0 Å². The first kappa shape index (κ1) is 6.53. The molecule has 2 N–H and O–H groups in total. The van der Waals surface area contributed by atoms with Gasteiger partial charge in [-0.3, -0.25) is 4.40 Å². The van der Waals surface area contributed by atoms with Gasteiger partial charge >= 0.3 is 0 Å². The predicted octanol–water partition coefficient (Wildman–Crippen LogP) is 0.469. The summed E-state index contributed by atoms with van der Waals surface area (Å²) in [6.45, 7) is 0. The van der Waals surface area contributed by atoms with Crippen molar-refractivity contribution in [3.05, 3.63) is 17.0 Å². The van der Waals surface area contributed by atoms with Gasteiger partial charge in [-0.25, -0.2) is 4.98 Å². The Morgan fingerprint density at radius 2 is 2.27 bits per heavy atom. The summed E-state index contributed by atoms with van der Waals surface area (Å²) in [7, 11) is 0. The number of fused-ring (bicyclic) bond motifs is 1. The molecule has 0 unspecified atom stereocenters. The van der Waals surface area contributed by atoms with Gasteiger partial charge in [0.1, 0.15) is 0 Å². The predicted molar refractivity (Wildman–Crippen MR) is 42.9 cm³/mol. The lowest BCUT2D eigenvalue weighted by atomic mass is 10.7. The average Bonchev–Trinajstić information content (AvgIpc) is 2.35. The van der Waals surface area contributed by atoms with Crippen LogP contribution in [0.25, 0.3) is 5.65 Å². The van der Waals surface area contributed by atoms with Gasteiger partial charge < -0.3 is 5.73 Å². The number of rotatable bonds is 0. The van der Waals surface area contributed by atoms with Crippen LogP contribution in [0.15, 0.2) is 17.0 Å². The molecule has 0 aromatic carbocycles. The average molecular weight is 214 g/mol. The van der Waals surface area contributed by atoms with Crippen LogP contribution in [0.5, 0.6) is 0 Å². The minimum absolute atomic E-state index is 0.364. The van der Waals surface area contributed by atoms with Gasteiger partial charge in [-0.15, -0.1) is 10.2 Å². The zero-order valence-electron chi connectivity index (χ0n) is 5.40. The number of hydrogen-bond acceptors (Lipinski definition) is 4. The maximum atomic E-state index is 5.49. The summed E-state index contributed by atoms with van der Waals surface area (Å²) in [6.07, 6.45) is 3.33. The highest BCUT2D eigenvalue weighted by Gasteiger charge is 2.03. The summed E-state index contributed by atoms with van der Waals surface area (Å²) in [4.78, 5) is 3.96. The molecule has 0 aliphatic heterocycles. The Kier molecular flexibility index (Phi) is 1.28. The van der Waals surface area contributed by atoms with E-state index in [0.717, 1.165) is 0 Å². The zero-order valence-corrected chi connectivity index (χ0v) is 6.98. The molecule has 2 heterocycles. The molecule has 0 amide bonds. The molecule has 0 aliphatic rings. The van der Waals surface area contributed by atoms with E-state index in [1.54, 1.807) is 16.8 Å². The Balaban J connectivity index is 2.94. The second-order valence-corrected chi connectivity index (χ2v) is 2.72. The van der Waals surface area contributed by atoms with E-state index < -0.39 is 0 Å². The van der Waals surface area contributed by atoms with Crippen molar-refractivity contribution in [1.82, 2.24) is 19.6 Å². The highest BCUT2D eigenvalue weighted by molar-refractivity contribution is 9.10. The van der Waals surface area contributed by atoms with Crippen molar-refractivity contribution >= 4 is 27.5 Å². The molecule has 0 spiro atoms. The fourth-order valence-electron chi connectivity index (χ4n) is 0.814. The van der Waals surface area contributed by atoms with Crippen LogP contribution in [-0.2, 0) is 0 Å². The van der Waals surface area contributed by atoms with E-state index in [1.807, 2.05) is 0 Å². The summed E-state index contributed by atoms with van der Waals surface area (Å²) >= 11 is 3.22. The topological polar surface area (TPSA) is 69.1 Å². The third-order valence-corrected chi connectivity index (χ3v) is 1.87. The van der Waals surface area contributed by atoms with Crippen molar-refractivity contribution in [2.24, 2.45) is 0 Å². The first-order valence-corrected chi connectivity index (χ1v) is 3.69. The number of aromatic nitrogens is 4. The standard InChI is InChI=1S/C5H4BrN5/c6-3-4-9-10-5(7)11(4)2-1-8-3/h1-2H,(H2,7,10). The maximum Gasteiger partial charge on any atom is 0.226 e. The van der Waals surface area contributed by atoms with Crippen molar-refractivity contribution in [3.8, 4) is 0 Å². The summed E-state index contributed by atoms with van der Waals surface area (Å²) in [5.41, 5.74) is 6.12. The molecular weight excluding hydrogens is 210 g/mol. The number of nitrogen functional groups attached to an aromatic ring is 1. The first-order valence-electron chi connectivity index (χ1n) is 2.90. The minimum Gasteiger partial charge on any atom is -0.368 e. The molecule has 0 fully saturated rings. The van der Waals surface area contributed by atoms with Gasteiger partial charge in [0.05, 0.1) is 0 Å². The molecule has 56 valence electrons. The van der Waals surface area contributed by atoms with Crippen molar-refractivity contribution < 1.29 is 0 Å². The second kappa shape index (κ2) is 2.16. The molecule has 2 rings (SSSR count). The van der Waals surface area contributed by atoms with Gasteiger partial charge in [-0.1, -0.05) is 0 Å². The lowest BCUT2D eigenvalue weighted by Crippen LogP contribution is -1.94. The quantitative estimate of drug-likeness (QED) is 0.691. The molecule has 11 heavy (non-hydrogen) atoms. The smallest absolute Gasteiger partial charge is 0.226 e. The van der Waals surface area contributed by atoms with E-state index >= 15 is 0 Å². The Labute approximate surface area is 70.4 Å². The third-order valence-electron chi connectivity index (χ3n) is 1.31. The molecule has 2 aromatic rings. The fraction of sp³-hybridized carbons (Fsp3) is 0. The molecular formula is C5H4BrN5. The number of nitrogens with two attached hydrogens (primary N) is 1. The van der Waals surface area contributed by atoms with Gasteiger partial charge in [0.25, 0.3) is 0 Å². The van der Waals surface area contributed by atoms with Crippen LogP contribution in [0.1, 0.15) is 0 Å². The Morgan fingerprint density at radius 3 is 3.00 bits per heavy atom. The SMILES string of the molecule is Nc1nnc2c(Br)nccn12. The van der Waals surface area contributed by atoms with Crippen LogP contribution in [0, 0.1) is 0 Å². The van der Waals surface area contributed by atoms with Gasteiger partial charge in [0.2, 0.25) is 5.95 Å². The maximum absolute atomic E-state index is 5.49. The second-order valence-electron chi connectivity index (χ2n) is 1.97. The van der Waals surface area contributed by atoms with E-state index in [1.165, 1.54) is 0 Å². The van der Waals surface area contributed by atoms with Crippen LogP contribution in [0.3, 0.4) is 0 Å². The number of anilines is 1. The number of halogens is 1. The first-order chi connectivity index (χ1) is 5.29. The van der Waals surface area contributed by atoms with Crippen LogP contribution >= 0.6 is 15.9 Å². The molecule has 0 radical (unpaired) electrons. The number of nitrogens with zero attached hydrogens (tertiary/aromatic N) is 4. The van der Waals surface area contributed by atoms with E-state index in [2.05, 4.69) is 31.1 Å². The lowest BCUT2D eigenvalue weighted by molar-refractivity contribution is 1.11. The highest BCUT2D eigenvalue weighted by Crippen LogP contribution is 2.13. The van der Waals surface area contributed by atoms with Crippen molar-refractivity contribution in [2.75, 3.05) is 5.73 Å². The van der Waals surface area contributed by atoms with E-state index in [4.69, 9.17) is 5.73 Å². The Bertz CT molecular complexity index is 395. The van der Waals surface area contributed by atoms with E-state index in [0.29, 0.717) is 16.2 Å². The minimum atomic E-state index is 0.364. The molecule has 2 aromatic heterocycles. The zero-order chi connectivity index (χ0) is 7.84. The van der Waals surface area contributed by atoms with Crippen molar-refractivity contribution in [1.29, 1.82) is 0 Å². The normalized spacial score (nSPS) is 10.6. The van der Waals surface area contributed by atoms with Gasteiger partial charge in [0, 0.05) is 12.4 Å². The summed E-state index contributed by atoms with van der Waals surface area (Å²) < 4.78 is 2.29. The van der Waals surface area contributed by atoms with Crippen molar-refractivity contribution in [2.45, 2.75) is 0 Å². The Morgan fingerprint density at radius 1 is 1.45 bits per heavy atom. The van der Waals surface area contributed by atoms with Crippen LogP contribution in [-0.4, -0.2) is 19.6 Å². The van der Waals surface area contributed by atoms with E-state index in [9.17, 15) is 0 Å². The summed E-state index contributed by atoms with van der Waals surface area (Å²) in [5, 5.41) is 7.47. The number of hydrogen-bond donors (Lipinski definition) is 1. The van der Waals surface area contributed by atoms with Gasteiger partial charge in [-0.2, -0.15) is 0 Å². The molecule has 0 aliphatic carbocycles. The molecule has 5 nitrogen and oxygen atoms in total. The summed E-state index contributed by atoms with van der Waals surface area (Å²) in [5.74, 6) is 0.364. The van der Waals surface area contributed by atoms with Gasteiger partial charge in [-0.05, 0) is 15.9 Å².